The number of nitrogens with one attached hydrogen (secondary N) is 1. The number of thioether (sulfide) groups is 1. The number of benzene rings is 2. The summed E-state index contributed by atoms with van der Waals surface area (Å²) in [6, 6.07) is 15.7. The van der Waals surface area contributed by atoms with Gasteiger partial charge in [0, 0.05) is 16.0 Å². The second kappa shape index (κ2) is 7.99. The first-order valence-corrected chi connectivity index (χ1v) is 10.8. The fourth-order valence-corrected chi connectivity index (χ4v) is 5.01. The van der Waals surface area contributed by atoms with E-state index in [1.165, 1.54) is 0 Å². The third kappa shape index (κ3) is 3.95. The lowest BCUT2D eigenvalue weighted by Crippen LogP contribution is -2.23. The predicted molar refractivity (Wildman–Crippen MR) is 109 cm³/mol. The molecule has 2 aromatic carbocycles. The molecule has 0 saturated heterocycles. The van der Waals surface area contributed by atoms with Crippen LogP contribution in [-0.4, -0.2) is 15.9 Å². The van der Waals surface area contributed by atoms with Gasteiger partial charge in [-0.2, -0.15) is 0 Å². The molecule has 0 fully saturated rings. The number of hydrogen-bond donors (Lipinski definition) is 1. The maximum absolute atomic E-state index is 12.7. The van der Waals surface area contributed by atoms with Crippen molar-refractivity contribution in [3.05, 3.63) is 75.7 Å². The number of amides is 1. The number of para-hydroxylation sites is 1. The minimum atomic E-state index is -0.0781. The molecule has 4 nitrogen and oxygen atoms in total. The molecule has 1 N–H and O–H groups in total. The SMILES string of the molecule is O=C(NCc1nc2ccccc2s1)c1ccccc1SCc1cscn1. The lowest BCUT2D eigenvalue weighted by atomic mass is 10.2. The molecule has 0 atom stereocenters. The van der Waals surface area contributed by atoms with Crippen molar-refractivity contribution in [2.75, 3.05) is 0 Å². The fourth-order valence-electron chi connectivity index (χ4n) is 2.49. The minimum absolute atomic E-state index is 0.0781. The molecule has 130 valence electrons. The number of carbonyl (C=O) groups is 1. The highest BCUT2D eigenvalue weighted by atomic mass is 32.2. The number of nitrogens with zero attached hydrogens (tertiary/aromatic N) is 2. The Morgan fingerprint density at radius 3 is 2.81 bits per heavy atom. The zero-order valence-corrected chi connectivity index (χ0v) is 16.2. The molecule has 0 spiro atoms. The third-order valence-corrected chi connectivity index (χ3v) is 6.51. The van der Waals surface area contributed by atoms with Crippen molar-refractivity contribution in [2.24, 2.45) is 0 Å². The molecule has 2 heterocycles. The van der Waals surface area contributed by atoms with Gasteiger partial charge in [-0.3, -0.25) is 4.79 Å². The summed E-state index contributed by atoms with van der Waals surface area (Å²) < 4.78 is 1.14. The van der Waals surface area contributed by atoms with E-state index in [1.54, 1.807) is 34.4 Å². The zero-order valence-electron chi connectivity index (χ0n) is 13.7. The van der Waals surface area contributed by atoms with E-state index in [0.29, 0.717) is 12.1 Å². The normalized spacial score (nSPS) is 10.9. The van der Waals surface area contributed by atoms with Crippen molar-refractivity contribution < 1.29 is 4.79 Å². The van der Waals surface area contributed by atoms with Crippen molar-refractivity contribution >= 4 is 50.6 Å². The summed E-state index contributed by atoms with van der Waals surface area (Å²) in [5, 5.41) is 5.93. The highest BCUT2D eigenvalue weighted by molar-refractivity contribution is 7.98. The number of hydrogen-bond acceptors (Lipinski definition) is 6. The average Bonchev–Trinajstić information content (AvgIpc) is 3.33. The first-order chi connectivity index (χ1) is 12.8. The van der Waals surface area contributed by atoms with Gasteiger partial charge in [0.05, 0.1) is 33.5 Å². The van der Waals surface area contributed by atoms with Gasteiger partial charge in [0.1, 0.15) is 5.01 Å². The summed E-state index contributed by atoms with van der Waals surface area (Å²) in [6.07, 6.45) is 0. The van der Waals surface area contributed by atoms with E-state index in [-0.39, 0.29) is 5.91 Å². The number of thiazole rings is 2. The average molecular weight is 398 g/mol. The third-order valence-electron chi connectivity index (χ3n) is 3.73. The fraction of sp³-hybridized carbons (Fsp3) is 0.105. The van der Waals surface area contributed by atoms with Gasteiger partial charge in [-0.15, -0.1) is 34.4 Å². The van der Waals surface area contributed by atoms with Gasteiger partial charge in [-0.05, 0) is 24.3 Å². The van der Waals surface area contributed by atoms with E-state index < -0.39 is 0 Å². The Hall–Kier alpha value is -2.22. The lowest BCUT2D eigenvalue weighted by Gasteiger charge is -2.08. The van der Waals surface area contributed by atoms with E-state index in [1.807, 2.05) is 59.4 Å². The maximum Gasteiger partial charge on any atom is 0.252 e. The van der Waals surface area contributed by atoms with Gasteiger partial charge in [-0.25, -0.2) is 9.97 Å². The van der Waals surface area contributed by atoms with E-state index in [9.17, 15) is 4.79 Å². The Bertz CT molecular complexity index is 994. The molecule has 2 aromatic heterocycles. The van der Waals surface area contributed by atoms with Gasteiger partial charge < -0.3 is 5.32 Å². The minimum Gasteiger partial charge on any atom is -0.345 e. The Kier molecular flexibility index (Phi) is 5.29. The molecule has 26 heavy (non-hydrogen) atoms. The highest BCUT2D eigenvalue weighted by Crippen LogP contribution is 2.26. The first-order valence-electron chi connectivity index (χ1n) is 8.01. The quantitative estimate of drug-likeness (QED) is 0.467. The molecular weight excluding hydrogens is 382 g/mol. The van der Waals surface area contributed by atoms with Crippen LogP contribution in [0.5, 0.6) is 0 Å². The molecule has 1 amide bonds. The molecule has 4 rings (SSSR count). The lowest BCUT2D eigenvalue weighted by molar-refractivity contribution is 0.0948. The summed E-state index contributed by atoms with van der Waals surface area (Å²) in [6.45, 7) is 0.434. The number of fused-ring (bicyclic) bond motifs is 1. The van der Waals surface area contributed by atoms with Crippen LogP contribution < -0.4 is 5.32 Å². The summed E-state index contributed by atoms with van der Waals surface area (Å²) in [7, 11) is 0. The summed E-state index contributed by atoms with van der Waals surface area (Å²) in [5.41, 5.74) is 4.52. The topological polar surface area (TPSA) is 54.9 Å². The number of rotatable bonds is 6. The van der Waals surface area contributed by atoms with Crippen molar-refractivity contribution in [3.8, 4) is 0 Å². The monoisotopic (exact) mass is 397 g/mol. The molecule has 0 aliphatic heterocycles. The zero-order chi connectivity index (χ0) is 17.8. The standard InChI is InChI=1S/C19H15N3OS3/c23-19(20-9-18-22-15-6-2-4-8-17(15)26-18)14-5-1-3-7-16(14)25-11-13-10-24-12-21-13/h1-8,10,12H,9,11H2,(H,20,23). The van der Waals surface area contributed by atoms with Crippen LogP contribution in [0.4, 0.5) is 0 Å². The van der Waals surface area contributed by atoms with Gasteiger partial charge in [0.2, 0.25) is 0 Å². The molecular formula is C19H15N3OS3. The summed E-state index contributed by atoms with van der Waals surface area (Å²) >= 11 is 4.82. The van der Waals surface area contributed by atoms with Crippen LogP contribution in [0.3, 0.4) is 0 Å². The van der Waals surface area contributed by atoms with Crippen LogP contribution in [0.15, 0.2) is 64.3 Å². The molecule has 0 aliphatic rings. The summed E-state index contributed by atoms with van der Waals surface area (Å²) in [4.78, 5) is 22.5. The van der Waals surface area contributed by atoms with Gasteiger partial charge in [-0.1, -0.05) is 24.3 Å². The Morgan fingerprint density at radius 2 is 1.96 bits per heavy atom. The highest BCUT2D eigenvalue weighted by Gasteiger charge is 2.12. The summed E-state index contributed by atoms with van der Waals surface area (Å²) in [5.74, 6) is 0.678. The second-order valence-electron chi connectivity index (χ2n) is 5.52. The van der Waals surface area contributed by atoms with Crippen LogP contribution in [0.25, 0.3) is 10.2 Å². The molecule has 4 aromatic rings. The van der Waals surface area contributed by atoms with E-state index in [0.717, 1.165) is 31.6 Å². The van der Waals surface area contributed by atoms with E-state index >= 15 is 0 Å². The van der Waals surface area contributed by atoms with E-state index in [2.05, 4.69) is 15.3 Å². The first kappa shape index (κ1) is 17.2. The van der Waals surface area contributed by atoms with Gasteiger partial charge in [0.15, 0.2) is 0 Å². The van der Waals surface area contributed by atoms with Crippen LogP contribution in [0.2, 0.25) is 0 Å². The van der Waals surface area contributed by atoms with Crippen LogP contribution in [-0.2, 0) is 12.3 Å². The van der Waals surface area contributed by atoms with Crippen molar-refractivity contribution in [1.82, 2.24) is 15.3 Å². The van der Waals surface area contributed by atoms with Crippen molar-refractivity contribution in [3.63, 3.8) is 0 Å². The number of carbonyl (C=O) groups excluding carboxylic acids is 1. The van der Waals surface area contributed by atoms with Crippen LogP contribution in [0.1, 0.15) is 21.1 Å². The molecule has 7 heteroatoms. The van der Waals surface area contributed by atoms with Crippen molar-refractivity contribution in [2.45, 2.75) is 17.2 Å². The number of aromatic nitrogens is 2. The van der Waals surface area contributed by atoms with Crippen LogP contribution in [0, 0.1) is 0 Å². The predicted octanol–water partition coefficient (Wildman–Crippen LogP) is 4.98. The Morgan fingerprint density at radius 1 is 1.12 bits per heavy atom. The van der Waals surface area contributed by atoms with Crippen LogP contribution >= 0.6 is 34.4 Å². The van der Waals surface area contributed by atoms with Gasteiger partial charge in [0.25, 0.3) is 5.91 Å². The molecule has 0 bridgehead atoms. The van der Waals surface area contributed by atoms with Gasteiger partial charge >= 0.3 is 0 Å². The largest absolute Gasteiger partial charge is 0.345 e. The van der Waals surface area contributed by atoms with E-state index in [4.69, 9.17) is 0 Å². The second-order valence-corrected chi connectivity index (χ2v) is 8.37. The maximum atomic E-state index is 12.7. The molecule has 0 unspecified atom stereocenters. The Labute approximate surface area is 163 Å². The smallest absolute Gasteiger partial charge is 0.252 e. The molecule has 0 saturated carbocycles. The van der Waals surface area contributed by atoms with Crippen molar-refractivity contribution in [1.29, 1.82) is 0 Å². The molecule has 0 radical (unpaired) electrons. The molecule has 0 aliphatic carbocycles. The Balaban J connectivity index is 1.44.